The van der Waals surface area contributed by atoms with E-state index in [-0.39, 0.29) is 11.8 Å². The minimum absolute atomic E-state index is 0.191. The van der Waals surface area contributed by atoms with Crippen molar-refractivity contribution in [3.63, 3.8) is 0 Å². The Hall–Kier alpha value is -1.88. The molecule has 0 bridgehead atoms. The molecule has 0 aliphatic carbocycles. The van der Waals surface area contributed by atoms with Crippen molar-refractivity contribution in [3.05, 3.63) is 30.2 Å². The van der Waals surface area contributed by atoms with Crippen LogP contribution in [0.15, 0.2) is 28.8 Å². The zero-order chi connectivity index (χ0) is 13.0. The van der Waals surface area contributed by atoms with Crippen molar-refractivity contribution in [1.29, 1.82) is 0 Å². The summed E-state index contributed by atoms with van der Waals surface area (Å²) in [6, 6.07) is 6.98. The van der Waals surface area contributed by atoms with Crippen LogP contribution in [0.2, 0.25) is 0 Å². The SMILES string of the molecule is CC(N)CCCc1nc(-c2cccc(O)c2)no1. The van der Waals surface area contributed by atoms with E-state index in [9.17, 15) is 5.11 Å². The van der Waals surface area contributed by atoms with E-state index in [1.54, 1.807) is 18.2 Å². The molecule has 1 heterocycles. The zero-order valence-corrected chi connectivity index (χ0v) is 10.3. The molecular formula is C13H17N3O2. The Kier molecular flexibility index (Phi) is 3.94. The van der Waals surface area contributed by atoms with Gasteiger partial charge >= 0.3 is 0 Å². The summed E-state index contributed by atoms with van der Waals surface area (Å²) in [7, 11) is 0. The Morgan fingerprint density at radius 2 is 2.28 bits per heavy atom. The van der Waals surface area contributed by atoms with Crippen molar-refractivity contribution in [3.8, 4) is 17.1 Å². The second-order valence-corrected chi connectivity index (χ2v) is 4.43. The van der Waals surface area contributed by atoms with Gasteiger partial charge < -0.3 is 15.4 Å². The lowest BCUT2D eigenvalue weighted by atomic mass is 10.1. The number of benzene rings is 1. The standard InChI is InChI=1S/C13H17N3O2/c1-9(14)4-2-7-12-15-13(16-18-12)10-5-3-6-11(17)8-10/h3,5-6,8-9,17H,2,4,7,14H2,1H3. The Morgan fingerprint density at radius 3 is 3.00 bits per heavy atom. The van der Waals surface area contributed by atoms with Gasteiger partial charge in [0.15, 0.2) is 0 Å². The highest BCUT2D eigenvalue weighted by molar-refractivity contribution is 5.56. The van der Waals surface area contributed by atoms with E-state index in [1.807, 2.05) is 13.0 Å². The lowest BCUT2D eigenvalue weighted by Crippen LogP contribution is -2.14. The number of rotatable bonds is 5. The van der Waals surface area contributed by atoms with Crippen LogP contribution >= 0.6 is 0 Å². The number of aryl methyl sites for hydroxylation is 1. The maximum absolute atomic E-state index is 9.38. The van der Waals surface area contributed by atoms with E-state index >= 15 is 0 Å². The molecule has 5 heteroatoms. The number of hydrogen-bond acceptors (Lipinski definition) is 5. The van der Waals surface area contributed by atoms with Crippen LogP contribution in [-0.4, -0.2) is 21.3 Å². The number of phenolic OH excluding ortho intramolecular Hbond substituents is 1. The first-order valence-electron chi connectivity index (χ1n) is 6.02. The van der Waals surface area contributed by atoms with Crippen LogP contribution in [0.25, 0.3) is 11.4 Å². The summed E-state index contributed by atoms with van der Waals surface area (Å²) in [5.41, 5.74) is 6.42. The van der Waals surface area contributed by atoms with Gasteiger partial charge in [-0.25, -0.2) is 0 Å². The predicted molar refractivity (Wildman–Crippen MR) is 68.0 cm³/mol. The molecule has 0 amide bonds. The van der Waals surface area contributed by atoms with E-state index in [1.165, 1.54) is 0 Å². The number of aromatic hydroxyl groups is 1. The van der Waals surface area contributed by atoms with E-state index in [2.05, 4.69) is 10.1 Å². The summed E-state index contributed by atoms with van der Waals surface area (Å²) >= 11 is 0. The van der Waals surface area contributed by atoms with Crippen molar-refractivity contribution in [2.24, 2.45) is 5.73 Å². The van der Waals surface area contributed by atoms with Gasteiger partial charge in [-0.15, -0.1) is 0 Å². The molecule has 0 aliphatic heterocycles. The van der Waals surface area contributed by atoms with Crippen LogP contribution in [0.5, 0.6) is 5.75 Å². The third-order valence-corrected chi connectivity index (χ3v) is 2.62. The first kappa shape index (κ1) is 12.6. The summed E-state index contributed by atoms with van der Waals surface area (Å²) in [5, 5.41) is 13.3. The molecule has 0 saturated carbocycles. The highest BCUT2D eigenvalue weighted by Crippen LogP contribution is 2.20. The third kappa shape index (κ3) is 3.30. The minimum Gasteiger partial charge on any atom is -0.508 e. The van der Waals surface area contributed by atoms with Gasteiger partial charge in [0, 0.05) is 18.0 Å². The average Bonchev–Trinajstić information content (AvgIpc) is 2.77. The number of nitrogens with zero attached hydrogens (tertiary/aromatic N) is 2. The van der Waals surface area contributed by atoms with Crippen LogP contribution in [0, 0.1) is 0 Å². The maximum atomic E-state index is 9.38. The van der Waals surface area contributed by atoms with Crippen LogP contribution in [0.1, 0.15) is 25.7 Å². The first-order valence-corrected chi connectivity index (χ1v) is 6.02. The molecule has 0 spiro atoms. The van der Waals surface area contributed by atoms with E-state index in [4.69, 9.17) is 10.3 Å². The van der Waals surface area contributed by atoms with E-state index in [0.717, 1.165) is 24.8 Å². The summed E-state index contributed by atoms with van der Waals surface area (Å²) < 4.78 is 5.16. The molecule has 1 atom stereocenters. The number of hydrogen-bond donors (Lipinski definition) is 2. The summed E-state index contributed by atoms with van der Waals surface area (Å²) in [4.78, 5) is 4.29. The van der Waals surface area contributed by atoms with Crippen molar-refractivity contribution in [2.75, 3.05) is 0 Å². The number of aromatic nitrogens is 2. The van der Waals surface area contributed by atoms with Crippen LogP contribution < -0.4 is 5.73 Å². The van der Waals surface area contributed by atoms with Crippen molar-refractivity contribution < 1.29 is 9.63 Å². The summed E-state index contributed by atoms with van der Waals surface area (Å²) in [5.74, 6) is 1.30. The Labute approximate surface area is 106 Å². The van der Waals surface area contributed by atoms with Gasteiger partial charge in [0.2, 0.25) is 11.7 Å². The topological polar surface area (TPSA) is 85.2 Å². The summed E-state index contributed by atoms with van der Waals surface area (Å²) in [6.45, 7) is 1.98. The van der Waals surface area contributed by atoms with Crippen molar-refractivity contribution >= 4 is 0 Å². The van der Waals surface area contributed by atoms with E-state index in [0.29, 0.717) is 11.7 Å². The van der Waals surface area contributed by atoms with Crippen LogP contribution in [-0.2, 0) is 6.42 Å². The number of phenols is 1. The van der Waals surface area contributed by atoms with Crippen LogP contribution in [0.3, 0.4) is 0 Å². The fourth-order valence-electron chi connectivity index (χ4n) is 1.69. The fraction of sp³-hybridized carbons (Fsp3) is 0.385. The highest BCUT2D eigenvalue weighted by atomic mass is 16.5. The lowest BCUT2D eigenvalue weighted by Gasteiger charge is -2.00. The molecule has 0 fully saturated rings. The quantitative estimate of drug-likeness (QED) is 0.845. The molecule has 18 heavy (non-hydrogen) atoms. The molecule has 0 radical (unpaired) electrons. The Bertz CT molecular complexity index is 508. The van der Waals surface area contributed by atoms with E-state index < -0.39 is 0 Å². The monoisotopic (exact) mass is 247 g/mol. The van der Waals surface area contributed by atoms with Gasteiger partial charge in [-0.05, 0) is 31.9 Å². The molecule has 3 N–H and O–H groups in total. The molecule has 5 nitrogen and oxygen atoms in total. The Morgan fingerprint density at radius 1 is 1.44 bits per heavy atom. The molecule has 1 unspecified atom stereocenters. The van der Waals surface area contributed by atoms with Gasteiger partial charge in [-0.3, -0.25) is 0 Å². The molecule has 2 aromatic rings. The lowest BCUT2D eigenvalue weighted by molar-refractivity contribution is 0.373. The Balaban J connectivity index is 2.02. The smallest absolute Gasteiger partial charge is 0.226 e. The van der Waals surface area contributed by atoms with Crippen molar-refractivity contribution in [2.45, 2.75) is 32.2 Å². The number of nitrogens with two attached hydrogens (primary N) is 1. The third-order valence-electron chi connectivity index (χ3n) is 2.62. The predicted octanol–water partition coefficient (Wildman–Crippen LogP) is 2.11. The highest BCUT2D eigenvalue weighted by Gasteiger charge is 2.09. The molecule has 0 aliphatic rings. The van der Waals surface area contributed by atoms with Crippen molar-refractivity contribution in [1.82, 2.24) is 10.1 Å². The molecule has 2 rings (SSSR count). The van der Waals surface area contributed by atoms with Gasteiger partial charge in [-0.2, -0.15) is 4.98 Å². The molecule has 96 valence electrons. The van der Waals surface area contributed by atoms with Gasteiger partial charge in [0.05, 0.1) is 0 Å². The fourth-order valence-corrected chi connectivity index (χ4v) is 1.69. The van der Waals surface area contributed by atoms with Gasteiger partial charge in [-0.1, -0.05) is 17.3 Å². The average molecular weight is 247 g/mol. The van der Waals surface area contributed by atoms with Gasteiger partial charge in [0.1, 0.15) is 5.75 Å². The zero-order valence-electron chi connectivity index (χ0n) is 10.3. The molecule has 0 saturated heterocycles. The second kappa shape index (κ2) is 5.64. The normalized spacial score (nSPS) is 12.6. The molecule has 1 aromatic carbocycles. The molecule has 1 aromatic heterocycles. The summed E-state index contributed by atoms with van der Waals surface area (Å²) in [6.07, 6.45) is 2.59. The van der Waals surface area contributed by atoms with Gasteiger partial charge in [0.25, 0.3) is 0 Å². The minimum atomic E-state index is 0.191. The molecular weight excluding hydrogens is 230 g/mol. The second-order valence-electron chi connectivity index (χ2n) is 4.43. The maximum Gasteiger partial charge on any atom is 0.226 e. The largest absolute Gasteiger partial charge is 0.508 e. The van der Waals surface area contributed by atoms with Crippen LogP contribution in [0.4, 0.5) is 0 Å². The first-order chi connectivity index (χ1) is 8.65.